The molecule has 0 saturated carbocycles. The summed E-state index contributed by atoms with van der Waals surface area (Å²) in [5.74, 6) is -0.222. The summed E-state index contributed by atoms with van der Waals surface area (Å²) in [5.41, 5.74) is 1.58. The van der Waals surface area contributed by atoms with Crippen molar-refractivity contribution < 1.29 is 14.4 Å². The second-order valence-corrected chi connectivity index (χ2v) is 4.77. The van der Waals surface area contributed by atoms with Crippen LogP contribution in [0.1, 0.15) is 29.9 Å². The maximum atomic E-state index is 12.1. The molecule has 0 aliphatic rings. The SMILES string of the molecule is Cc1noc2ncc(C(=O)NC(C)C(C)CO)cc12. The van der Waals surface area contributed by atoms with E-state index in [1.165, 1.54) is 6.20 Å². The largest absolute Gasteiger partial charge is 0.396 e. The van der Waals surface area contributed by atoms with Crippen molar-refractivity contribution in [2.24, 2.45) is 5.92 Å². The Morgan fingerprint density at radius 3 is 2.95 bits per heavy atom. The first-order chi connectivity index (χ1) is 9.02. The fourth-order valence-corrected chi connectivity index (χ4v) is 1.66. The molecule has 19 heavy (non-hydrogen) atoms. The molecule has 0 radical (unpaired) electrons. The van der Waals surface area contributed by atoms with Gasteiger partial charge in [0.25, 0.3) is 11.6 Å². The van der Waals surface area contributed by atoms with E-state index in [0.29, 0.717) is 17.0 Å². The normalized spacial score (nSPS) is 14.3. The Morgan fingerprint density at radius 2 is 2.26 bits per heavy atom. The van der Waals surface area contributed by atoms with Crippen molar-refractivity contribution in [2.45, 2.75) is 26.8 Å². The minimum atomic E-state index is -0.220. The summed E-state index contributed by atoms with van der Waals surface area (Å²) in [5, 5.41) is 16.4. The number of fused-ring (bicyclic) bond motifs is 1. The topological polar surface area (TPSA) is 88.2 Å². The Hall–Kier alpha value is -1.95. The van der Waals surface area contributed by atoms with Gasteiger partial charge in [-0.25, -0.2) is 4.98 Å². The number of rotatable bonds is 4. The lowest BCUT2D eigenvalue weighted by molar-refractivity contribution is 0.0916. The summed E-state index contributed by atoms with van der Waals surface area (Å²) < 4.78 is 4.99. The Balaban J connectivity index is 2.19. The van der Waals surface area contributed by atoms with Crippen LogP contribution in [0.2, 0.25) is 0 Å². The maximum Gasteiger partial charge on any atom is 0.257 e. The van der Waals surface area contributed by atoms with Crippen LogP contribution in [-0.4, -0.2) is 33.8 Å². The number of aryl methyl sites for hydroxylation is 1. The van der Waals surface area contributed by atoms with Crippen LogP contribution in [0.25, 0.3) is 11.1 Å². The van der Waals surface area contributed by atoms with Gasteiger partial charge in [0.15, 0.2) is 0 Å². The van der Waals surface area contributed by atoms with Crippen molar-refractivity contribution in [3.63, 3.8) is 0 Å². The van der Waals surface area contributed by atoms with E-state index in [0.717, 1.165) is 5.39 Å². The summed E-state index contributed by atoms with van der Waals surface area (Å²) >= 11 is 0. The number of amides is 1. The highest BCUT2D eigenvalue weighted by atomic mass is 16.5. The lowest BCUT2D eigenvalue weighted by Crippen LogP contribution is -2.38. The van der Waals surface area contributed by atoms with Gasteiger partial charge < -0.3 is 14.9 Å². The number of carbonyl (C=O) groups excluding carboxylic acids is 1. The molecule has 0 saturated heterocycles. The van der Waals surface area contributed by atoms with Crippen LogP contribution in [0.15, 0.2) is 16.8 Å². The van der Waals surface area contributed by atoms with E-state index in [2.05, 4.69) is 15.5 Å². The molecule has 2 atom stereocenters. The lowest BCUT2D eigenvalue weighted by Gasteiger charge is -2.19. The van der Waals surface area contributed by atoms with Crippen LogP contribution >= 0.6 is 0 Å². The van der Waals surface area contributed by atoms with Crippen LogP contribution in [0.3, 0.4) is 0 Å². The van der Waals surface area contributed by atoms with Gasteiger partial charge in [-0.1, -0.05) is 12.1 Å². The van der Waals surface area contributed by atoms with Crippen LogP contribution in [0, 0.1) is 12.8 Å². The van der Waals surface area contributed by atoms with Crippen molar-refractivity contribution in [3.05, 3.63) is 23.5 Å². The second-order valence-electron chi connectivity index (χ2n) is 4.77. The maximum absolute atomic E-state index is 12.1. The Morgan fingerprint density at radius 1 is 1.53 bits per heavy atom. The Bertz CT molecular complexity index is 594. The predicted molar refractivity (Wildman–Crippen MR) is 69.7 cm³/mol. The van der Waals surface area contributed by atoms with E-state index in [-0.39, 0.29) is 24.5 Å². The number of hydrogen-bond donors (Lipinski definition) is 2. The highest BCUT2D eigenvalue weighted by Gasteiger charge is 2.16. The average molecular weight is 263 g/mol. The standard InChI is InChI=1S/C13H17N3O3/c1-7(6-17)8(2)15-12(18)10-4-11-9(3)16-19-13(11)14-5-10/h4-5,7-8,17H,6H2,1-3H3,(H,15,18). The zero-order valence-electron chi connectivity index (χ0n) is 11.2. The number of carbonyl (C=O) groups is 1. The molecule has 6 heteroatoms. The molecule has 0 aliphatic carbocycles. The Kier molecular flexibility index (Phi) is 3.80. The van der Waals surface area contributed by atoms with E-state index < -0.39 is 0 Å². The Labute approximate surface area is 110 Å². The summed E-state index contributed by atoms with van der Waals surface area (Å²) in [6.45, 7) is 5.56. The molecule has 2 rings (SSSR count). The summed E-state index contributed by atoms with van der Waals surface area (Å²) in [6, 6.07) is 1.59. The third-order valence-electron chi connectivity index (χ3n) is 3.27. The predicted octanol–water partition coefficient (Wildman–Crippen LogP) is 1.28. The third kappa shape index (κ3) is 2.73. The summed E-state index contributed by atoms with van der Waals surface area (Å²) in [6.07, 6.45) is 1.46. The molecular weight excluding hydrogens is 246 g/mol. The number of hydrogen-bond acceptors (Lipinski definition) is 5. The van der Waals surface area contributed by atoms with Crippen molar-refractivity contribution in [3.8, 4) is 0 Å². The molecule has 1 amide bonds. The smallest absolute Gasteiger partial charge is 0.257 e. The van der Waals surface area contributed by atoms with Crippen LogP contribution in [0.4, 0.5) is 0 Å². The van der Waals surface area contributed by atoms with Crippen LogP contribution in [0.5, 0.6) is 0 Å². The number of aliphatic hydroxyl groups is 1. The molecule has 2 aromatic rings. The number of aliphatic hydroxyl groups excluding tert-OH is 1. The highest BCUT2D eigenvalue weighted by Crippen LogP contribution is 2.16. The number of pyridine rings is 1. The third-order valence-corrected chi connectivity index (χ3v) is 3.27. The number of nitrogens with zero attached hydrogens (tertiary/aromatic N) is 2. The van der Waals surface area contributed by atoms with Crippen molar-refractivity contribution in [2.75, 3.05) is 6.61 Å². The van der Waals surface area contributed by atoms with E-state index >= 15 is 0 Å². The molecule has 6 nitrogen and oxygen atoms in total. The summed E-state index contributed by atoms with van der Waals surface area (Å²) in [4.78, 5) is 16.1. The molecule has 0 bridgehead atoms. The van der Waals surface area contributed by atoms with E-state index in [1.807, 2.05) is 13.8 Å². The van der Waals surface area contributed by atoms with Gasteiger partial charge >= 0.3 is 0 Å². The van der Waals surface area contributed by atoms with Crippen molar-refractivity contribution in [1.29, 1.82) is 0 Å². The minimum absolute atomic E-state index is 0.00188. The highest BCUT2D eigenvalue weighted by molar-refractivity contribution is 5.97. The first-order valence-electron chi connectivity index (χ1n) is 6.16. The van der Waals surface area contributed by atoms with Crippen molar-refractivity contribution in [1.82, 2.24) is 15.5 Å². The molecule has 2 unspecified atom stereocenters. The molecule has 2 aromatic heterocycles. The van der Waals surface area contributed by atoms with Crippen LogP contribution < -0.4 is 5.32 Å². The molecule has 0 spiro atoms. The van der Waals surface area contributed by atoms with Gasteiger partial charge in [0.2, 0.25) is 0 Å². The molecule has 0 aliphatic heterocycles. The first kappa shape index (κ1) is 13.5. The van der Waals surface area contributed by atoms with Gasteiger partial charge in [0.1, 0.15) is 0 Å². The zero-order valence-corrected chi connectivity index (χ0v) is 11.2. The van der Waals surface area contributed by atoms with E-state index in [1.54, 1.807) is 13.0 Å². The summed E-state index contributed by atoms with van der Waals surface area (Å²) in [7, 11) is 0. The first-order valence-corrected chi connectivity index (χ1v) is 6.16. The average Bonchev–Trinajstić information content (AvgIpc) is 2.78. The quantitative estimate of drug-likeness (QED) is 0.867. The molecule has 2 heterocycles. The van der Waals surface area contributed by atoms with Gasteiger partial charge in [-0.15, -0.1) is 0 Å². The second kappa shape index (κ2) is 5.36. The van der Waals surface area contributed by atoms with Gasteiger partial charge in [-0.2, -0.15) is 0 Å². The fourth-order valence-electron chi connectivity index (χ4n) is 1.66. The zero-order chi connectivity index (χ0) is 14.0. The van der Waals surface area contributed by atoms with Crippen molar-refractivity contribution >= 4 is 17.0 Å². The fraction of sp³-hybridized carbons (Fsp3) is 0.462. The molecule has 2 N–H and O–H groups in total. The van der Waals surface area contributed by atoms with E-state index in [9.17, 15) is 4.79 Å². The van der Waals surface area contributed by atoms with Gasteiger partial charge in [-0.05, 0) is 25.8 Å². The van der Waals surface area contributed by atoms with Gasteiger partial charge in [-0.3, -0.25) is 4.79 Å². The molecule has 0 aromatic carbocycles. The lowest BCUT2D eigenvalue weighted by atomic mass is 10.0. The van der Waals surface area contributed by atoms with E-state index in [4.69, 9.17) is 9.63 Å². The van der Waals surface area contributed by atoms with Crippen LogP contribution in [-0.2, 0) is 0 Å². The minimum Gasteiger partial charge on any atom is -0.396 e. The number of aromatic nitrogens is 2. The molecule has 102 valence electrons. The molecule has 0 fully saturated rings. The van der Waals surface area contributed by atoms with Gasteiger partial charge in [0.05, 0.1) is 16.6 Å². The molecular formula is C13H17N3O3. The number of nitrogens with one attached hydrogen (secondary N) is 1. The van der Waals surface area contributed by atoms with Gasteiger partial charge in [0, 0.05) is 18.8 Å². The monoisotopic (exact) mass is 263 g/mol.